The van der Waals surface area contributed by atoms with Crippen LogP contribution < -0.4 is 15.0 Å². The number of aryl methyl sites for hydroxylation is 1. The van der Waals surface area contributed by atoms with Crippen LogP contribution in [-0.4, -0.2) is 42.3 Å². The van der Waals surface area contributed by atoms with Gasteiger partial charge in [-0.3, -0.25) is 0 Å². The summed E-state index contributed by atoms with van der Waals surface area (Å²) in [6.45, 7) is 12.3. The zero-order chi connectivity index (χ0) is 15.2. The van der Waals surface area contributed by atoms with E-state index in [1.54, 1.807) is 0 Å². The van der Waals surface area contributed by atoms with Crippen LogP contribution in [0, 0.1) is 12.8 Å². The van der Waals surface area contributed by atoms with Crippen molar-refractivity contribution in [2.24, 2.45) is 5.92 Å². The Morgan fingerprint density at radius 3 is 2.67 bits per heavy atom. The van der Waals surface area contributed by atoms with E-state index in [0.717, 1.165) is 31.3 Å². The molecule has 0 radical (unpaired) electrons. The molecule has 5 nitrogen and oxygen atoms in total. The summed E-state index contributed by atoms with van der Waals surface area (Å²) >= 11 is 0. The lowest BCUT2D eigenvalue weighted by Gasteiger charge is -2.33. The molecule has 1 aliphatic heterocycles. The smallest absolute Gasteiger partial charge is 0.229 e. The molecule has 1 aliphatic rings. The van der Waals surface area contributed by atoms with Gasteiger partial charge >= 0.3 is 0 Å². The van der Waals surface area contributed by atoms with Gasteiger partial charge < -0.3 is 15.0 Å². The lowest BCUT2D eigenvalue weighted by atomic mass is 9.97. The maximum atomic E-state index is 5.56. The van der Waals surface area contributed by atoms with Crippen LogP contribution in [-0.2, 0) is 0 Å². The van der Waals surface area contributed by atoms with E-state index in [-0.39, 0.29) is 0 Å². The molecule has 21 heavy (non-hydrogen) atoms. The number of aromatic nitrogens is 2. The topological polar surface area (TPSA) is 50.3 Å². The van der Waals surface area contributed by atoms with Gasteiger partial charge in [0, 0.05) is 24.3 Å². The number of rotatable bonds is 6. The van der Waals surface area contributed by atoms with Gasteiger partial charge in [0.05, 0.1) is 6.61 Å². The Hall–Kier alpha value is -1.36. The number of nitrogens with one attached hydrogen (secondary N) is 1. The molecule has 0 atom stereocenters. The summed E-state index contributed by atoms with van der Waals surface area (Å²) in [5.74, 6) is 2.19. The van der Waals surface area contributed by atoms with Crippen molar-refractivity contribution >= 4 is 5.95 Å². The van der Waals surface area contributed by atoms with Crippen LogP contribution in [0.4, 0.5) is 5.95 Å². The highest BCUT2D eigenvalue weighted by molar-refractivity contribution is 5.35. The maximum absolute atomic E-state index is 5.56. The fourth-order valence-corrected chi connectivity index (χ4v) is 2.74. The summed E-state index contributed by atoms with van der Waals surface area (Å²) in [7, 11) is 0. The highest BCUT2D eigenvalue weighted by atomic mass is 16.5. The Balaban J connectivity index is 2.16. The third-order valence-corrected chi connectivity index (χ3v) is 3.90. The summed E-state index contributed by atoms with van der Waals surface area (Å²) in [5.41, 5.74) is 0.958. The third kappa shape index (κ3) is 4.56. The van der Waals surface area contributed by atoms with Gasteiger partial charge in [0.15, 0.2) is 0 Å². The van der Waals surface area contributed by atoms with Crippen molar-refractivity contribution in [3.8, 4) is 5.88 Å². The Morgan fingerprint density at radius 1 is 1.33 bits per heavy atom. The second-order valence-corrected chi connectivity index (χ2v) is 6.02. The molecule has 1 fully saturated rings. The molecular weight excluding hydrogens is 264 g/mol. The molecule has 0 unspecified atom stereocenters. The predicted molar refractivity (Wildman–Crippen MR) is 86.0 cm³/mol. The molecule has 2 rings (SSSR count). The fourth-order valence-electron chi connectivity index (χ4n) is 2.74. The van der Waals surface area contributed by atoms with Gasteiger partial charge in [-0.2, -0.15) is 4.98 Å². The zero-order valence-electron chi connectivity index (χ0n) is 13.7. The van der Waals surface area contributed by atoms with Crippen LogP contribution in [0.25, 0.3) is 0 Å². The Morgan fingerprint density at radius 2 is 2.05 bits per heavy atom. The molecule has 5 heteroatoms. The minimum atomic E-state index is 0.385. The second-order valence-electron chi connectivity index (χ2n) is 6.02. The van der Waals surface area contributed by atoms with Gasteiger partial charge in [-0.05, 0) is 59.5 Å². The number of anilines is 1. The molecular formula is C16H28N4O. The predicted octanol–water partition coefficient (Wildman–Crippen LogP) is 2.40. The van der Waals surface area contributed by atoms with Crippen molar-refractivity contribution in [2.75, 3.05) is 31.1 Å². The lowest BCUT2D eigenvalue weighted by molar-refractivity contribution is 0.324. The average molecular weight is 292 g/mol. The number of hydrogen-bond donors (Lipinski definition) is 1. The van der Waals surface area contributed by atoms with E-state index >= 15 is 0 Å². The lowest BCUT2D eigenvalue weighted by Crippen LogP contribution is -2.40. The van der Waals surface area contributed by atoms with Crippen molar-refractivity contribution in [1.82, 2.24) is 15.3 Å². The first-order valence-corrected chi connectivity index (χ1v) is 8.06. The van der Waals surface area contributed by atoms with Crippen LogP contribution in [0.5, 0.6) is 5.88 Å². The largest absolute Gasteiger partial charge is 0.478 e. The van der Waals surface area contributed by atoms with Crippen molar-refractivity contribution in [3.63, 3.8) is 0 Å². The molecule has 0 aromatic carbocycles. The van der Waals surface area contributed by atoms with E-state index in [1.165, 1.54) is 12.8 Å². The minimum Gasteiger partial charge on any atom is -0.478 e. The van der Waals surface area contributed by atoms with Crippen molar-refractivity contribution < 1.29 is 4.74 Å². The highest BCUT2D eigenvalue weighted by Gasteiger charge is 2.21. The molecule has 0 saturated carbocycles. The van der Waals surface area contributed by atoms with Crippen LogP contribution in [0.3, 0.4) is 0 Å². The van der Waals surface area contributed by atoms with Crippen molar-refractivity contribution in [3.05, 3.63) is 11.8 Å². The molecule has 0 amide bonds. The van der Waals surface area contributed by atoms with E-state index in [0.29, 0.717) is 24.4 Å². The number of piperidine rings is 1. The van der Waals surface area contributed by atoms with E-state index < -0.39 is 0 Å². The first kappa shape index (κ1) is 16.0. The van der Waals surface area contributed by atoms with Gasteiger partial charge in [-0.1, -0.05) is 0 Å². The summed E-state index contributed by atoms with van der Waals surface area (Å²) in [4.78, 5) is 11.5. The number of ether oxygens (including phenoxy) is 1. The first-order valence-electron chi connectivity index (χ1n) is 8.06. The Bertz CT molecular complexity index is 444. The summed E-state index contributed by atoms with van der Waals surface area (Å²) in [6.07, 6.45) is 2.46. The van der Waals surface area contributed by atoms with Crippen molar-refractivity contribution in [2.45, 2.75) is 46.6 Å². The van der Waals surface area contributed by atoms with E-state index in [1.807, 2.05) is 19.9 Å². The van der Waals surface area contributed by atoms with Gasteiger partial charge in [-0.15, -0.1) is 0 Å². The quantitative estimate of drug-likeness (QED) is 0.872. The number of hydrogen-bond acceptors (Lipinski definition) is 5. The van der Waals surface area contributed by atoms with Gasteiger partial charge in [0.2, 0.25) is 11.8 Å². The standard InChI is InChI=1S/C16H28N4O/c1-5-21-15-10-13(4)18-16(19-15)20(12(2)3)11-14-6-8-17-9-7-14/h10,12,14,17H,5-9,11H2,1-4H3. The van der Waals surface area contributed by atoms with E-state index in [4.69, 9.17) is 4.74 Å². The van der Waals surface area contributed by atoms with Crippen molar-refractivity contribution in [1.29, 1.82) is 0 Å². The molecule has 1 aromatic rings. The van der Waals surface area contributed by atoms with E-state index in [2.05, 4.69) is 34.0 Å². The maximum Gasteiger partial charge on any atom is 0.229 e. The van der Waals surface area contributed by atoms with Gasteiger partial charge in [0.1, 0.15) is 0 Å². The third-order valence-electron chi connectivity index (χ3n) is 3.90. The van der Waals surface area contributed by atoms with E-state index in [9.17, 15) is 0 Å². The van der Waals surface area contributed by atoms with Crippen LogP contribution in [0.1, 0.15) is 39.3 Å². The van der Waals surface area contributed by atoms with Gasteiger partial charge in [0.25, 0.3) is 0 Å². The molecule has 0 spiro atoms. The molecule has 0 bridgehead atoms. The monoisotopic (exact) mass is 292 g/mol. The summed E-state index contributed by atoms with van der Waals surface area (Å²) in [6, 6.07) is 2.28. The Kier molecular flexibility index (Phi) is 5.79. The Labute approximate surface area is 128 Å². The molecule has 0 aliphatic carbocycles. The summed E-state index contributed by atoms with van der Waals surface area (Å²) in [5, 5.41) is 3.42. The zero-order valence-corrected chi connectivity index (χ0v) is 13.7. The molecule has 1 saturated heterocycles. The first-order chi connectivity index (χ1) is 10.1. The SMILES string of the molecule is CCOc1cc(C)nc(N(CC2CCNCC2)C(C)C)n1. The van der Waals surface area contributed by atoms with Crippen LogP contribution >= 0.6 is 0 Å². The fraction of sp³-hybridized carbons (Fsp3) is 0.750. The highest BCUT2D eigenvalue weighted by Crippen LogP contribution is 2.21. The molecule has 1 N–H and O–H groups in total. The minimum absolute atomic E-state index is 0.385. The van der Waals surface area contributed by atoms with Crippen LogP contribution in [0.15, 0.2) is 6.07 Å². The molecule has 2 heterocycles. The molecule has 118 valence electrons. The van der Waals surface area contributed by atoms with Crippen LogP contribution in [0.2, 0.25) is 0 Å². The van der Waals surface area contributed by atoms with Gasteiger partial charge in [-0.25, -0.2) is 4.98 Å². The number of nitrogens with zero attached hydrogens (tertiary/aromatic N) is 3. The molecule has 1 aromatic heterocycles. The second kappa shape index (κ2) is 7.59. The summed E-state index contributed by atoms with van der Waals surface area (Å²) < 4.78 is 5.56. The average Bonchev–Trinajstić information content (AvgIpc) is 2.45. The normalized spacial score (nSPS) is 16.2.